The highest BCUT2D eigenvalue weighted by Crippen LogP contribution is 2.34. The van der Waals surface area contributed by atoms with E-state index in [0.717, 1.165) is 23.9 Å². The van der Waals surface area contributed by atoms with Crippen molar-refractivity contribution in [3.05, 3.63) is 34.3 Å². The number of hydrogen-bond donors (Lipinski definition) is 2. The zero-order chi connectivity index (χ0) is 16.2. The molecule has 1 aromatic rings. The van der Waals surface area contributed by atoms with Crippen molar-refractivity contribution in [2.45, 2.75) is 31.7 Å². The van der Waals surface area contributed by atoms with Gasteiger partial charge in [-0.15, -0.1) is 0 Å². The lowest BCUT2D eigenvalue weighted by atomic mass is 10.0. The highest BCUT2D eigenvalue weighted by atomic mass is 35.5. The van der Waals surface area contributed by atoms with Gasteiger partial charge in [-0.1, -0.05) is 23.4 Å². The van der Waals surface area contributed by atoms with Crippen molar-refractivity contribution >= 4 is 28.5 Å². The van der Waals surface area contributed by atoms with Gasteiger partial charge in [0, 0.05) is 17.7 Å². The Morgan fingerprint density at radius 1 is 1.33 bits per heavy atom. The first-order chi connectivity index (χ1) is 9.61. The quantitative estimate of drug-likeness (QED) is 0.861. The topological polar surface area (TPSA) is 57.5 Å². The molecule has 0 aliphatic rings. The summed E-state index contributed by atoms with van der Waals surface area (Å²) < 4.78 is 38.0. The maximum Gasteiger partial charge on any atom is 0.416 e. The van der Waals surface area contributed by atoms with Gasteiger partial charge in [-0.05, 0) is 30.2 Å². The predicted molar refractivity (Wildman–Crippen MR) is 75.2 cm³/mol. The molecular formula is C13H14ClF3O3S. The normalized spacial score (nSPS) is 14.8. The maximum absolute atomic E-state index is 12.7. The van der Waals surface area contributed by atoms with E-state index in [0.29, 0.717) is 0 Å². The maximum atomic E-state index is 12.7. The van der Waals surface area contributed by atoms with E-state index < -0.39 is 23.9 Å². The van der Waals surface area contributed by atoms with Crippen LogP contribution in [0.4, 0.5) is 13.2 Å². The number of benzene rings is 1. The second-order valence-corrected chi connectivity index (χ2v) is 6.12. The van der Waals surface area contributed by atoms with Gasteiger partial charge in [0.15, 0.2) is 5.12 Å². The Balaban J connectivity index is 2.84. The molecular weight excluding hydrogens is 329 g/mol. The van der Waals surface area contributed by atoms with Gasteiger partial charge in [0.25, 0.3) is 0 Å². The van der Waals surface area contributed by atoms with E-state index in [1.807, 2.05) is 0 Å². The first-order valence-electron chi connectivity index (χ1n) is 5.98. The molecule has 0 saturated heterocycles. The monoisotopic (exact) mass is 342 g/mol. The van der Waals surface area contributed by atoms with E-state index in [1.54, 1.807) is 0 Å². The number of hydrogen-bond acceptors (Lipinski definition) is 4. The SMILES string of the molecule is CC(=O)SCCC(O)C(O)c1cc(Cl)cc(C(F)(F)F)c1. The molecule has 1 rings (SSSR count). The molecule has 2 atom stereocenters. The molecule has 0 aliphatic carbocycles. The van der Waals surface area contributed by atoms with Crippen molar-refractivity contribution in [3.8, 4) is 0 Å². The van der Waals surface area contributed by atoms with E-state index >= 15 is 0 Å². The average Bonchev–Trinajstić information content (AvgIpc) is 2.35. The van der Waals surface area contributed by atoms with Gasteiger partial charge in [0.05, 0.1) is 11.7 Å². The zero-order valence-electron chi connectivity index (χ0n) is 11.0. The zero-order valence-corrected chi connectivity index (χ0v) is 12.6. The van der Waals surface area contributed by atoms with E-state index in [-0.39, 0.29) is 27.9 Å². The Kier molecular flexibility index (Phi) is 6.52. The summed E-state index contributed by atoms with van der Waals surface area (Å²) in [6.07, 6.45) is -7.30. The van der Waals surface area contributed by atoms with Crippen LogP contribution in [0, 0.1) is 0 Å². The first-order valence-corrected chi connectivity index (χ1v) is 7.35. The van der Waals surface area contributed by atoms with Crippen molar-refractivity contribution in [1.82, 2.24) is 0 Å². The Morgan fingerprint density at radius 3 is 2.48 bits per heavy atom. The number of aliphatic hydroxyl groups excluding tert-OH is 2. The van der Waals surface area contributed by atoms with Crippen LogP contribution >= 0.6 is 23.4 Å². The summed E-state index contributed by atoms with van der Waals surface area (Å²) >= 11 is 6.58. The number of carbonyl (C=O) groups excluding carboxylic acids is 1. The number of halogens is 4. The van der Waals surface area contributed by atoms with Crippen molar-refractivity contribution in [1.29, 1.82) is 0 Å². The molecule has 8 heteroatoms. The van der Waals surface area contributed by atoms with Gasteiger partial charge in [-0.25, -0.2) is 0 Å². The van der Waals surface area contributed by atoms with Crippen LogP contribution in [0.3, 0.4) is 0 Å². The summed E-state index contributed by atoms with van der Waals surface area (Å²) in [4.78, 5) is 10.7. The molecule has 2 unspecified atom stereocenters. The third kappa shape index (κ3) is 5.86. The fourth-order valence-electron chi connectivity index (χ4n) is 1.65. The van der Waals surface area contributed by atoms with Gasteiger partial charge in [-0.2, -0.15) is 13.2 Å². The third-order valence-corrected chi connectivity index (χ3v) is 3.74. The fourth-order valence-corrected chi connectivity index (χ4v) is 2.54. The number of thioether (sulfide) groups is 1. The Hall–Kier alpha value is -0.760. The van der Waals surface area contributed by atoms with E-state index in [2.05, 4.69) is 0 Å². The molecule has 0 radical (unpaired) electrons. The van der Waals surface area contributed by atoms with Crippen molar-refractivity contribution in [2.24, 2.45) is 0 Å². The molecule has 0 aliphatic heterocycles. The van der Waals surface area contributed by atoms with Crippen LogP contribution < -0.4 is 0 Å². The summed E-state index contributed by atoms with van der Waals surface area (Å²) in [5.41, 5.74) is -1.11. The van der Waals surface area contributed by atoms with Gasteiger partial charge in [-0.3, -0.25) is 4.79 Å². The minimum atomic E-state index is -4.59. The first kappa shape index (κ1) is 18.3. The van der Waals surface area contributed by atoms with Crippen LogP contribution in [0.25, 0.3) is 0 Å². The third-order valence-electron chi connectivity index (χ3n) is 2.67. The van der Waals surface area contributed by atoms with Crippen molar-refractivity contribution in [3.63, 3.8) is 0 Å². The number of alkyl halides is 3. The average molecular weight is 343 g/mol. The lowest BCUT2D eigenvalue weighted by Gasteiger charge is -2.19. The molecule has 0 spiro atoms. The second-order valence-electron chi connectivity index (χ2n) is 4.41. The molecule has 0 amide bonds. The summed E-state index contributed by atoms with van der Waals surface area (Å²) in [7, 11) is 0. The van der Waals surface area contributed by atoms with Crippen LogP contribution in [-0.4, -0.2) is 27.2 Å². The lowest BCUT2D eigenvalue weighted by molar-refractivity contribution is -0.137. The summed E-state index contributed by atoms with van der Waals surface area (Å²) in [5, 5.41) is 19.4. The largest absolute Gasteiger partial charge is 0.416 e. The van der Waals surface area contributed by atoms with Gasteiger partial charge in [0.2, 0.25) is 0 Å². The molecule has 118 valence electrons. The standard InChI is InChI=1S/C13H14ClF3O3S/c1-7(18)21-3-2-11(19)12(20)8-4-9(13(15,16)17)6-10(14)5-8/h4-6,11-12,19-20H,2-3H2,1H3. The van der Waals surface area contributed by atoms with Gasteiger partial charge >= 0.3 is 6.18 Å². The smallest absolute Gasteiger partial charge is 0.390 e. The number of rotatable bonds is 5. The van der Waals surface area contributed by atoms with Crippen LogP contribution in [0.15, 0.2) is 18.2 Å². The molecule has 0 saturated carbocycles. The minimum absolute atomic E-state index is 0.0687. The molecule has 0 heterocycles. The molecule has 0 bridgehead atoms. The number of aliphatic hydroxyl groups is 2. The van der Waals surface area contributed by atoms with Crippen molar-refractivity contribution < 1.29 is 28.2 Å². The summed E-state index contributed by atoms with van der Waals surface area (Å²) in [6.45, 7) is 1.36. The van der Waals surface area contributed by atoms with Gasteiger partial charge in [0.1, 0.15) is 6.10 Å². The Bertz CT molecular complexity index is 508. The highest BCUT2D eigenvalue weighted by Gasteiger charge is 2.32. The molecule has 0 fully saturated rings. The minimum Gasteiger partial charge on any atom is -0.390 e. The van der Waals surface area contributed by atoms with Crippen molar-refractivity contribution in [2.75, 3.05) is 5.75 Å². The molecule has 2 N–H and O–H groups in total. The van der Waals surface area contributed by atoms with Crippen LogP contribution in [0.2, 0.25) is 5.02 Å². The summed E-state index contributed by atoms with van der Waals surface area (Å²) in [6, 6.07) is 2.66. The Morgan fingerprint density at radius 2 is 1.95 bits per heavy atom. The Labute approximate surface area is 129 Å². The number of carbonyl (C=O) groups is 1. The van der Waals surface area contributed by atoms with Gasteiger partial charge < -0.3 is 10.2 Å². The van der Waals surface area contributed by atoms with E-state index in [4.69, 9.17) is 11.6 Å². The lowest BCUT2D eigenvalue weighted by Crippen LogP contribution is -2.20. The molecule has 0 aromatic heterocycles. The van der Waals surface area contributed by atoms with Crippen LogP contribution in [-0.2, 0) is 11.0 Å². The van der Waals surface area contributed by atoms with E-state index in [1.165, 1.54) is 13.0 Å². The molecule has 21 heavy (non-hydrogen) atoms. The highest BCUT2D eigenvalue weighted by molar-refractivity contribution is 8.13. The summed E-state index contributed by atoms with van der Waals surface area (Å²) in [5.74, 6) is 0.264. The fraction of sp³-hybridized carbons (Fsp3) is 0.462. The molecule has 3 nitrogen and oxygen atoms in total. The molecule has 1 aromatic carbocycles. The predicted octanol–water partition coefficient (Wildman–Crippen LogP) is 3.42. The van der Waals surface area contributed by atoms with Crippen LogP contribution in [0.1, 0.15) is 30.6 Å². The van der Waals surface area contributed by atoms with Crippen LogP contribution in [0.5, 0.6) is 0 Å². The van der Waals surface area contributed by atoms with E-state index in [9.17, 15) is 28.2 Å². The second kappa shape index (κ2) is 7.49.